The van der Waals surface area contributed by atoms with Gasteiger partial charge >= 0.3 is 0 Å². The van der Waals surface area contributed by atoms with Crippen LogP contribution in [0.1, 0.15) is 65.7 Å². The van der Waals surface area contributed by atoms with E-state index in [4.69, 9.17) is 9.47 Å². The minimum Gasteiger partial charge on any atom is -0.378 e. The Morgan fingerprint density at radius 1 is 1.32 bits per heavy atom. The maximum Gasteiger partial charge on any atom is 0.0825 e. The lowest BCUT2D eigenvalue weighted by Crippen LogP contribution is -2.52. The van der Waals surface area contributed by atoms with E-state index in [2.05, 4.69) is 26.1 Å². The van der Waals surface area contributed by atoms with Crippen LogP contribution < -0.4 is 5.32 Å². The third kappa shape index (κ3) is 4.73. The molecule has 3 nitrogen and oxygen atoms in total. The van der Waals surface area contributed by atoms with Gasteiger partial charge in [0.15, 0.2) is 0 Å². The third-order valence-electron chi connectivity index (χ3n) is 4.68. The third-order valence-corrected chi connectivity index (χ3v) is 4.68. The maximum atomic E-state index is 5.91. The largest absolute Gasteiger partial charge is 0.378 e. The van der Waals surface area contributed by atoms with Crippen molar-refractivity contribution in [3.63, 3.8) is 0 Å². The van der Waals surface area contributed by atoms with Crippen molar-refractivity contribution in [1.82, 2.24) is 5.32 Å². The minimum absolute atomic E-state index is 0.0201. The molecular formula is C16H33NO2. The van der Waals surface area contributed by atoms with E-state index in [0.717, 1.165) is 38.8 Å². The van der Waals surface area contributed by atoms with E-state index in [-0.39, 0.29) is 5.60 Å². The molecule has 1 aliphatic rings. The van der Waals surface area contributed by atoms with Gasteiger partial charge in [0.1, 0.15) is 0 Å². The van der Waals surface area contributed by atoms with Crippen LogP contribution in [0, 0.1) is 0 Å². The van der Waals surface area contributed by atoms with E-state index < -0.39 is 0 Å². The second kappa shape index (κ2) is 8.93. The quantitative estimate of drug-likeness (QED) is 0.659. The summed E-state index contributed by atoms with van der Waals surface area (Å²) in [5, 5.41) is 3.71. The smallest absolute Gasteiger partial charge is 0.0825 e. The Morgan fingerprint density at radius 3 is 2.53 bits per heavy atom. The maximum absolute atomic E-state index is 5.91. The Morgan fingerprint density at radius 2 is 2.05 bits per heavy atom. The molecule has 114 valence electrons. The lowest BCUT2D eigenvalue weighted by atomic mass is 9.84. The van der Waals surface area contributed by atoms with Crippen LogP contribution in [0.2, 0.25) is 0 Å². The van der Waals surface area contributed by atoms with Crippen molar-refractivity contribution in [1.29, 1.82) is 0 Å². The van der Waals surface area contributed by atoms with Crippen molar-refractivity contribution in [2.24, 2.45) is 0 Å². The van der Waals surface area contributed by atoms with Gasteiger partial charge in [-0.3, -0.25) is 0 Å². The fourth-order valence-corrected chi connectivity index (χ4v) is 3.27. The number of hydrogen-bond donors (Lipinski definition) is 1. The molecule has 1 rings (SSSR count). The summed E-state index contributed by atoms with van der Waals surface area (Å²) in [6.07, 6.45) is 8.55. The van der Waals surface area contributed by atoms with Gasteiger partial charge in [-0.1, -0.05) is 20.8 Å². The summed E-state index contributed by atoms with van der Waals surface area (Å²) in [5.74, 6) is 0. The SMILES string of the molecule is CCCNC(CCC1CCCO1)C(CC)(CC)OC. The normalized spacial score (nSPS) is 21.8. The van der Waals surface area contributed by atoms with Gasteiger partial charge in [0.05, 0.1) is 11.7 Å². The molecular weight excluding hydrogens is 238 g/mol. The highest BCUT2D eigenvalue weighted by molar-refractivity contribution is 4.92. The van der Waals surface area contributed by atoms with Crippen molar-refractivity contribution in [2.75, 3.05) is 20.3 Å². The highest BCUT2D eigenvalue weighted by Crippen LogP contribution is 2.29. The molecule has 0 aromatic heterocycles. The number of ether oxygens (including phenoxy) is 2. The summed E-state index contributed by atoms with van der Waals surface area (Å²) in [6, 6.07) is 0.441. The van der Waals surface area contributed by atoms with E-state index in [0.29, 0.717) is 12.1 Å². The summed E-state index contributed by atoms with van der Waals surface area (Å²) in [5.41, 5.74) is -0.0201. The van der Waals surface area contributed by atoms with Gasteiger partial charge in [-0.25, -0.2) is 0 Å². The van der Waals surface area contributed by atoms with Crippen LogP contribution in [0.3, 0.4) is 0 Å². The molecule has 0 aromatic carbocycles. The Bertz CT molecular complexity index is 215. The fraction of sp³-hybridized carbons (Fsp3) is 1.00. The molecule has 0 aliphatic carbocycles. The Hall–Kier alpha value is -0.120. The topological polar surface area (TPSA) is 30.5 Å². The van der Waals surface area contributed by atoms with Crippen molar-refractivity contribution < 1.29 is 9.47 Å². The monoisotopic (exact) mass is 271 g/mol. The highest BCUT2D eigenvalue weighted by atomic mass is 16.5. The first-order valence-electron chi connectivity index (χ1n) is 8.12. The second-order valence-electron chi connectivity index (χ2n) is 5.70. The zero-order valence-corrected chi connectivity index (χ0v) is 13.3. The zero-order valence-electron chi connectivity index (χ0n) is 13.3. The average molecular weight is 271 g/mol. The molecule has 0 saturated carbocycles. The standard InChI is InChI=1S/C16H33NO2/c1-5-12-17-15(16(6-2,7-3)18-4)11-10-14-9-8-13-19-14/h14-15,17H,5-13H2,1-4H3. The number of nitrogens with one attached hydrogen (secondary N) is 1. The zero-order chi connectivity index (χ0) is 14.1. The Kier molecular flexibility index (Phi) is 7.96. The van der Waals surface area contributed by atoms with E-state index in [1.54, 1.807) is 0 Å². The summed E-state index contributed by atoms with van der Waals surface area (Å²) in [6.45, 7) is 8.71. The molecule has 1 saturated heterocycles. The first-order valence-corrected chi connectivity index (χ1v) is 8.12. The number of hydrogen-bond acceptors (Lipinski definition) is 3. The van der Waals surface area contributed by atoms with Crippen LogP contribution >= 0.6 is 0 Å². The highest BCUT2D eigenvalue weighted by Gasteiger charge is 2.35. The van der Waals surface area contributed by atoms with Crippen molar-refractivity contribution in [3.8, 4) is 0 Å². The predicted molar refractivity (Wildman–Crippen MR) is 80.6 cm³/mol. The molecule has 3 heteroatoms. The van der Waals surface area contributed by atoms with Crippen LogP contribution in [0.15, 0.2) is 0 Å². The van der Waals surface area contributed by atoms with Crippen LogP contribution in [-0.4, -0.2) is 38.0 Å². The first-order chi connectivity index (χ1) is 9.22. The Labute approximate surface area is 119 Å². The fourth-order valence-electron chi connectivity index (χ4n) is 3.27. The van der Waals surface area contributed by atoms with Crippen LogP contribution in [0.5, 0.6) is 0 Å². The van der Waals surface area contributed by atoms with Crippen LogP contribution in [-0.2, 0) is 9.47 Å². The molecule has 0 aromatic rings. The molecule has 2 atom stereocenters. The summed E-state index contributed by atoms with van der Waals surface area (Å²) in [7, 11) is 1.86. The molecule has 0 radical (unpaired) electrons. The van der Waals surface area contributed by atoms with Crippen molar-refractivity contribution in [2.45, 2.75) is 83.5 Å². The van der Waals surface area contributed by atoms with Gasteiger partial charge in [-0.15, -0.1) is 0 Å². The van der Waals surface area contributed by atoms with E-state index in [1.807, 2.05) is 7.11 Å². The Balaban J connectivity index is 2.57. The molecule has 0 amide bonds. The van der Waals surface area contributed by atoms with Gasteiger partial charge in [0.25, 0.3) is 0 Å². The lowest BCUT2D eigenvalue weighted by Gasteiger charge is -2.39. The van der Waals surface area contributed by atoms with Crippen molar-refractivity contribution >= 4 is 0 Å². The van der Waals surface area contributed by atoms with Gasteiger partial charge in [-0.2, -0.15) is 0 Å². The average Bonchev–Trinajstić information content (AvgIpc) is 2.96. The molecule has 1 aliphatic heterocycles. The molecule has 1 N–H and O–H groups in total. The summed E-state index contributed by atoms with van der Waals surface area (Å²) < 4.78 is 11.7. The number of rotatable bonds is 10. The van der Waals surface area contributed by atoms with Crippen molar-refractivity contribution in [3.05, 3.63) is 0 Å². The van der Waals surface area contributed by atoms with Gasteiger partial charge in [0.2, 0.25) is 0 Å². The summed E-state index contributed by atoms with van der Waals surface area (Å²) in [4.78, 5) is 0. The molecule has 19 heavy (non-hydrogen) atoms. The van der Waals surface area contributed by atoms with Crippen LogP contribution in [0.25, 0.3) is 0 Å². The lowest BCUT2D eigenvalue weighted by molar-refractivity contribution is -0.0524. The molecule has 1 heterocycles. The molecule has 1 fully saturated rings. The molecule has 0 spiro atoms. The number of methoxy groups -OCH3 is 1. The molecule has 0 bridgehead atoms. The van der Waals surface area contributed by atoms with E-state index in [1.165, 1.54) is 19.3 Å². The minimum atomic E-state index is -0.0201. The van der Waals surface area contributed by atoms with E-state index >= 15 is 0 Å². The van der Waals surface area contributed by atoms with Gasteiger partial charge < -0.3 is 14.8 Å². The van der Waals surface area contributed by atoms with Gasteiger partial charge in [-0.05, 0) is 51.5 Å². The van der Waals surface area contributed by atoms with E-state index in [9.17, 15) is 0 Å². The second-order valence-corrected chi connectivity index (χ2v) is 5.70. The predicted octanol–water partition coefficient (Wildman–Crippen LogP) is 3.52. The first kappa shape index (κ1) is 16.9. The van der Waals surface area contributed by atoms with Gasteiger partial charge in [0, 0.05) is 19.8 Å². The summed E-state index contributed by atoms with van der Waals surface area (Å²) >= 11 is 0. The molecule has 2 unspecified atom stereocenters. The van der Waals surface area contributed by atoms with Crippen LogP contribution in [0.4, 0.5) is 0 Å².